The van der Waals surface area contributed by atoms with Gasteiger partial charge in [0.2, 0.25) is 0 Å². The minimum Gasteiger partial charge on any atom is -0.462 e. The van der Waals surface area contributed by atoms with Crippen LogP contribution in [0.1, 0.15) is 226 Å². The lowest BCUT2D eigenvalue weighted by molar-refractivity contribution is -0.167. The summed E-state index contributed by atoms with van der Waals surface area (Å²) >= 11 is 0. The van der Waals surface area contributed by atoms with Gasteiger partial charge in [-0.15, -0.1) is 0 Å². The Morgan fingerprint density at radius 1 is 0.338 bits per heavy atom. The summed E-state index contributed by atoms with van der Waals surface area (Å²) in [5.41, 5.74) is 0. The Labute approximate surface area is 400 Å². The molecule has 0 aromatic heterocycles. The first-order chi connectivity index (χ1) is 32.0. The maximum absolute atomic E-state index is 12.8. The van der Waals surface area contributed by atoms with Gasteiger partial charge in [0.05, 0.1) is 0 Å². The van der Waals surface area contributed by atoms with Crippen molar-refractivity contribution >= 4 is 17.9 Å². The van der Waals surface area contributed by atoms with Gasteiger partial charge < -0.3 is 14.2 Å². The molecule has 0 fully saturated rings. The summed E-state index contributed by atoms with van der Waals surface area (Å²) in [5.74, 6) is -1.04. The van der Waals surface area contributed by atoms with Gasteiger partial charge in [0.1, 0.15) is 13.2 Å². The van der Waals surface area contributed by atoms with Gasteiger partial charge in [0.15, 0.2) is 6.10 Å². The normalized spacial score (nSPS) is 13.0. The molecular weight excluding hydrogens is 805 g/mol. The molecular formula is C59H96O6. The van der Waals surface area contributed by atoms with E-state index < -0.39 is 6.10 Å². The minimum absolute atomic E-state index is 0.119. The summed E-state index contributed by atoms with van der Waals surface area (Å²) in [5, 5.41) is 0. The summed E-state index contributed by atoms with van der Waals surface area (Å²) in [6.45, 7) is 6.36. The van der Waals surface area contributed by atoms with E-state index in [-0.39, 0.29) is 44.0 Å². The van der Waals surface area contributed by atoms with Crippen molar-refractivity contribution in [3.8, 4) is 0 Å². The van der Waals surface area contributed by atoms with Crippen LogP contribution >= 0.6 is 0 Å². The first-order valence-electron chi connectivity index (χ1n) is 26.4. The van der Waals surface area contributed by atoms with Crippen LogP contribution in [0.5, 0.6) is 0 Å². The molecule has 0 aliphatic heterocycles. The zero-order valence-corrected chi connectivity index (χ0v) is 42.0. The number of hydrogen-bond acceptors (Lipinski definition) is 6. The maximum atomic E-state index is 12.8. The molecule has 0 aliphatic rings. The lowest BCUT2D eigenvalue weighted by Gasteiger charge is -2.18. The van der Waals surface area contributed by atoms with Crippen LogP contribution in [-0.2, 0) is 28.6 Å². The number of ether oxygens (including phenoxy) is 3. The predicted molar refractivity (Wildman–Crippen MR) is 279 cm³/mol. The van der Waals surface area contributed by atoms with Crippen LogP contribution in [0, 0.1) is 0 Å². The molecule has 0 bridgehead atoms. The average Bonchev–Trinajstić information content (AvgIpc) is 3.30. The second-order valence-electron chi connectivity index (χ2n) is 17.1. The molecule has 65 heavy (non-hydrogen) atoms. The van der Waals surface area contributed by atoms with Crippen molar-refractivity contribution in [2.24, 2.45) is 0 Å². The topological polar surface area (TPSA) is 78.9 Å². The minimum atomic E-state index is -0.829. The Morgan fingerprint density at radius 2 is 0.662 bits per heavy atom. The van der Waals surface area contributed by atoms with E-state index in [0.717, 1.165) is 70.6 Å². The molecule has 0 saturated heterocycles. The van der Waals surface area contributed by atoms with Crippen LogP contribution in [0.4, 0.5) is 0 Å². The maximum Gasteiger partial charge on any atom is 0.306 e. The summed E-state index contributed by atoms with van der Waals surface area (Å²) in [6.07, 6.45) is 70.9. The Kier molecular flexibility index (Phi) is 49.5. The van der Waals surface area contributed by atoms with Crippen molar-refractivity contribution in [1.82, 2.24) is 0 Å². The molecule has 0 aliphatic carbocycles. The fourth-order valence-electron chi connectivity index (χ4n) is 6.80. The Hall–Kier alpha value is -3.93. The number of esters is 3. The highest BCUT2D eigenvalue weighted by Crippen LogP contribution is 2.13. The number of rotatable bonds is 46. The predicted octanol–water partition coefficient (Wildman–Crippen LogP) is 17.5. The van der Waals surface area contributed by atoms with Crippen LogP contribution in [0.25, 0.3) is 0 Å². The number of carbonyl (C=O) groups excluding carboxylic acids is 3. The fraction of sp³-hybridized carbons (Fsp3) is 0.644. The number of hydrogen-bond donors (Lipinski definition) is 0. The van der Waals surface area contributed by atoms with Crippen molar-refractivity contribution in [1.29, 1.82) is 0 Å². The zero-order valence-electron chi connectivity index (χ0n) is 42.0. The largest absolute Gasteiger partial charge is 0.462 e. The molecule has 6 nitrogen and oxygen atoms in total. The van der Waals surface area contributed by atoms with Crippen LogP contribution < -0.4 is 0 Å². The Balaban J connectivity index is 4.49. The third kappa shape index (κ3) is 50.9. The van der Waals surface area contributed by atoms with Gasteiger partial charge in [-0.25, -0.2) is 0 Å². The highest BCUT2D eigenvalue weighted by Gasteiger charge is 2.19. The number of unbranched alkanes of at least 4 members (excludes halogenated alkanes) is 18. The fourth-order valence-corrected chi connectivity index (χ4v) is 6.80. The van der Waals surface area contributed by atoms with Gasteiger partial charge >= 0.3 is 17.9 Å². The van der Waals surface area contributed by atoms with Gasteiger partial charge in [0.25, 0.3) is 0 Å². The van der Waals surface area contributed by atoms with Gasteiger partial charge in [-0.2, -0.15) is 0 Å². The van der Waals surface area contributed by atoms with Gasteiger partial charge in [0, 0.05) is 19.3 Å². The SMILES string of the molecule is CC/C=C\C/C=C\C/C=C\CCCC(=O)OCC(COC(=O)CCCCCCCCCCCC/C=C\C=C/CCCCC)OC(=O)CCC/C=C\C/C=C\C/C=C\C/C=C\CCCCC. The van der Waals surface area contributed by atoms with Gasteiger partial charge in [-0.05, 0) is 109 Å². The van der Waals surface area contributed by atoms with E-state index in [1.165, 1.54) is 103 Å². The Morgan fingerprint density at radius 3 is 1.09 bits per heavy atom. The summed E-state index contributed by atoms with van der Waals surface area (Å²) in [6, 6.07) is 0. The van der Waals surface area contributed by atoms with E-state index in [1.807, 2.05) is 0 Å². The third-order valence-electron chi connectivity index (χ3n) is 10.8. The van der Waals surface area contributed by atoms with Crippen LogP contribution in [0.15, 0.2) is 109 Å². The van der Waals surface area contributed by atoms with Crippen LogP contribution in [0.2, 0.25) is 0 Å². The zero-order chi connectivity index (χ0) is 47.2. The molecule has 1 atom stereocenters. The molecule has 368 valence electrons. The molecule has 0 rings (SSSR count). The second-order valence-corrected chi connectivity index (χ2v) is 17.1. The molecule has 0 heterocycles. The van der Waals surface area contributed by atoms with E-state index in [4.69, 9.17) is 14.2 Å². The molecule has 0 radical (unpaired) electrons. The molecule has 0 amide bonds. The standard InChI is InChI=1S/C59H96O6/c1-4-7-10-13-16-19-22-24-26-28-29-31-32-34-37-40-43-46-49-52-58(61)64-55-56(54-63-57(60)51-48-45-42-39-36-21-18-15-12-9-6-3)65-59(62)53-50-47-44-41-38-35-33-30-27-25-23-20-17-14-11-8-5-2/h9,12,16-22,24-25,27,33,35,39,41-42,44,56H,4-8,10-11,13-15,23,26,28-32,34,36-38,40,43,45-55H2,1-3H3/b12-9-,19-16-,20-17-,21-18-,24-22-,27-25-,35-33-,42-39-,44-41-. The quantitative estimate of drug-likeness (QED) is 0.0199. The monoisotopic (exact) mass is 901 g/mol. The van der Waals surface area contributed by atoms with E-state index in [9.17, 15) is 14.4 Å². The lowest BCUT2D eigenvalue weighted by Crippen LogP contribution is -2.30. The molecule has 0 spiro atoms. The molecule has 1 unspecified atom stereocenters. The molecule has 0 N–H and O–H groups in total. The highest BCUT2D eigenvalue weighted by molar-refractivity contribution is 5.71. The molecule has 0 saturated carbocycles. The van der Waals surface area contributed by atoms with Gasteiger partial charge in [-0.1, -0.05) is 207 Å². The number of carbonyl (C=O) groups is 3. The molecule has 0 aromatic carbocycles. The number of allylic oxidation sites excluding steroid dienone is 18. The Bertz CT molecular complexity index is 1360. The average molecular weight is 901 g/mol. The van der Waals surface area contributed by atoms with Crippen LogP contribution in [0.3, 0.4) is 0 Å². The van der Waals surface area contributed by atoms with E-state index >= 15 is 0 Å². The molecule has 6 heteroatoms. The van der Waals surface area contributed by atoms with Gasteiger partial charge in [-0.3, -0.25) is 14.4 Å². The summed E-state index contributed by atoms with van der Waals surface area (Å²) < 4.78 is 16.7. The third-order valence-corrected chi connectivity index (χ3v) is 10.8. The lowest BCUT2D eigenvalue weighted by atomic mass is 10.1. The van der Waals surface area contributed by atoms with Crippen molar-refractivity contribution in [2.45, 2.75) is 232 Å². The van der Waals surface area contributed by atoms with E-state index in [0.29, 0.717) is 19.3 Å². The first kappa shape index (κ1) is 61.1. The van der Waals surface area contributed by atoms with Crippen molar-refractivity contribution in [3.05, 3.63) is 109 Å². The summed E-state index contributed by atoms with van der Waals surface area (Å²) in [4.78, 5) is 37.9. The van der Waals surface area contributed by atoms with Crippen molar-refractivity contribution < 1.29 is 28.6 Å². The smallest absolute Gasteiger partial charge is 0.306 e. The van der Waals surface area contributed by atoms with Crippen LogP contribution in [-0.4, -0.2) is 37.2 Å². The molecule has 0 aromatic rings. The van der Waals surface area contributed by atoms with E-state index in [1.54, 1.807) is 0 Å². The highest BCUT2D eigenvalue weighted by atomic mass is 16.6. The van der Waals surface area contributed by atoms with E-state index in [2.05, 4.69) is 130 Å². The summed E-state index contributed by atoms with van der Waals surface area (Å²) in [7, 11) is 0. The second kappa shape index (κ2) is 52.7. The first-order valence-corrected chi connectivity index (χ1v) is 26.4. The van der Waals surface area contributed by atoms with Crippen molar-refractivity contribution in [3.63, 3.8) is 0 Å². The van der Waals surface area contributed by atoms with Crippen molar-refractivity contribution in [2.75, 3.05) is 13.2 Å².